The quantitative estimate of drug-likeness (QED) is 0.517. The van der Waals surface area contributed by atoms with E-state index < -0.39 is 0 Å². The first kappa shape index (κ1) is 19.7. The molecule has 33 heavy (non-hydrogen) atoms. The zero-order chi connectivity index (χ0) is 22.7. The molecule has 166 valence electrons. The molecule has 0 saturated carbocycles. The van der Waals surface area contributed by atoms with Gasteiger partial charge in [-0.25, -0.2) is 14.4 Å². The van der Waals surface area contributed by atoms with Crippen molar-refractivity contribution in [2.24, 2.45) is 5.73 Å². The van der Waals surface area contributed by atoms with Crippen LogP contribution in [0.5, 0.6) is 0 Å². The third-order valence-corrected chi connectivity index (χ3v) is 6.18. The lowest BCUT2D eigenvalue weighted by atomic mass is 10.1. The Hall–Kier alpha value is -3.92. The largest absolute Gasteiger partial charge is 0.339 e. The van der Waals surface area contributed by atoms with Gasteiger partial charge in [-0.1, -0.05) is 0 Å². The van der Waals surface area contributed by atoms with E-state index in [1.165, 1.54) is 12.1 Å². The predicted molar refractivity (Wildman–Crippen MR) is 120 cm³/mol. The van der Waals surface area contributed by atoms with Crippen LogP contribution >= 0.6 is 0 Å². The van der Waals surface area contributed by atoms with E-state index in [1.54, 1.807) is 34.0 Å². The van der Waals surface area contributed by atoms with Crippen molar-refractivity contribution in [3.63, 3.8) is 0 Å². The van der Waals surface area contributed by atoms with E-state index in [9.17, 15) is 9.18 Å². The van der Waals surface area contributed by atoms with E-state index >= 15 is 0 Å². The molecule has 0 aromatic carbocycles. The topological polar surface area (TPSA) is 106 Å². The van der Waals surface area contributed by atoms with Crippen LogP contribution in [-0.2, 0) is 6.54 Å². The van der Waals surface area contributed by atoms with E-state index in [-0.39, 0.29) is 17.8 Å². The second kappa shape index (κ2) is 7.31. The van der Waals surface area contributed by atoms with Crippen LogP contribution in [0.3, 0.4) is 0 Å². The molecular formula is C23H21FN8O. The van der Waals surface area contributed by atoms with Crippen molar-refractivity contribution in [3.8, 4) is 11.4 Å². The molecule has 10 heteroatoms. The molecule has 4 aromatic rings. The van der Waals surface area contributed by atoms with Gasteiger partial charge >= 0.3 is 0 Å². The first-order valence-electron chi connectivity index (χ1n) is 10.8. The summed E-state index contributed by atoms with van der Waals surface area (Å²) in [6.45, 7) is 3.70. The number of aryl methyl sites for hydroxylation is 1. The van der Waals surface area contributed by atoms with E-state index in [4.69, 9.17) is 10.7 Å². The molecule has 1 saturated heterocycles. The molecule has 0 radical (unpaired) electrons. The Balaban J connectivity index is 1.40. The van der Waals surface area contributed by atoms with Gasteiger partial charge in [0.05, 0.1) is 24.1 Å². The number of rotatable bonds is 3. The molecule has 9 nitrogen and oxygen atoms in total. The summed E-state index contributed by atoms with van der Waals surface area (Å²) < 4.78 is 15.4. The Labute approximate surface area is 188 Å². The number of aromatic nitrogens is 5. The average molecular weight is 444 g/mol. The van der Waals surface area contributed by atoms with Crippen molar-refractivity contribution in [2.75, 3.05) is 22.9 Å². The number of amides is 1. The molecule has 1 unspecified atom stereocenters. The normalized spacial score (nSPS) is 17.9. The molecule has 2 aliphatic heterocycles. The fourth-order valence-corrected chi connectivity index (χ4v) is 4.55. The molecular weight excluding hydrogens is 423 g/mol. The Morgan fingerprint density at radius 2 is 2.06 bits per heavy atom. The van der Waals surface area contributed by atoms with Crippen molar-refractivity contribution >= 4 is 23.3 Å². The third kappa shape index (κ3) is 3.21. The highest BCUT2D eigenvalue weighted by Gasteiger charge is 2.33. The number of fused-ring (bicyclic) bond motifs is 2. The van der Waals surface area contributed by atoms with Gasteiger partial charge in [0.2, 0.25) is 5.95 Å². The Morgan fingerprint density at radius 3 is 2.88 bits per heavy atom. The first-order chi connectivity index (χ1) is 16.0. The SMILES string of the molecule is Cc1cc(N2Cc3c(ccnc3-c3cnc4cc(F)ccn34)C2=O)nc(N2CCC(N)C2)n1. The van der Waals surface area contributed by atoms with E-state index in [0.29, 0.717) is 47.5 Å². The number of hydrogen-bond donors (Lipinski definition) is 1. The van der Waals surface area contributed by atoms with Crippen LogP contribution in [0, 0.1) is 12.7 Å². The van der Waals surface area contributed by atoms with Gasteiger partial charge in [0.25, 0.3) is 5.91 Å². The summed E-state index contributed by atoms with van der Waals surface area (Å²) in [7, 11) is 0. The van der Waals surface area contributed by atoms with Crippen molar-refractivity contribution in [1.82, 2.24) is 24.3 Å². The van der Waals surface area contributed by atoms with Crippen LogP contribution in [0.15, 0.2) is 42.9 Å². The summed E-state index contributed by atoms with van der Waals surface area (Å²) >= 11 is 0. The van der Waals surface area contributed by atoms with Gasteiger partial charge in [0.15, 0.2) is 0 Å². The number of pyridine rings is 2. The number of nitrogens with two attached hydrogens (primary N) is 1. The van der Waals surface area contributed by atoms with Crippen molar-refractivity contribution < 1.29 is 9.18 Å². The number of nitrogens with zero attached hydrogens (tertiary/aromatic N) is 7. The maximum Gasteiger partial charge on any atom is 0.260 e. The molecule has 1 fully saturated rings. The van der Waals surface area contributed by atoms with Crippen LogP contribution in [0.2, 0.25) is 0 Å². The van der Waals surface area contributed by atoms with Gasteiger partial charge in [-0.3, -0.25) is 19.1 Å². The fourth-order valence-electron chi connectivity index (χ4n) is 4.55. The summed E-state index contributed by atoms with van der Waals surface area (Å²) in [6, 6.07) is 6.36. The van der Waals surface area contributed by atoms with Crippen LogP contribution in [0.1, 0.15) is 28.0 Å². The van der Waals surface area contributed by atoms with Gasteiger partial charge in [-0.05, 0) is 25.5 Å². The molecule has 4 aromatic heterocycles. The third-order valence-electron chi connectivity index (χ3n) is 6.18. The summed E-state index contributed by atoms with van der Waals surface area (Å²) in [5.41, 5.74) is 10.00. The summed E-state index contributed by atoms with van der Waals surface area (Å²) in [5.74, 6) is 0.631. The highest BCUT2D eigenvalue weighted by molar-refractivity contribution is 6.10. The predicted octanol–water partition coefficient (Wildman–Crippen LogP) is 2.33. The molecule has 6 rings (SSSR count). The number of halogens is 1. The molecule has 1 amide bonds. The van der Waals surface area contributed by atoms with Crippen LogP contribution in [-0.4, -0.2) is 49.4 Å². The van der Waals surface area contributed by atoms with Crippen LogP contribution < -0.4 is 15.5 Å². The first-order valence-corrected chi connectivity index (χ1v) is 10.8. The minimum atomic E-state index is -0.360. The standard InChI is InChI=1S/C23H21FN8O/c1-13-8-20(29-23(28-13)30-6-4-15(25)11-30)32-12-17-16(22(32)33)2-5-26-21(17)18-10-27-19-9-14(24)3-7-31(18)19/h2-3,5,7-10,15H,4,6,11-12,25H2,1H3. The van der Waals surface area contributed by atoms with E-state index in [0.717, 1.165) is 24.2 Å². The van der Waals surface area contributed by atoms with Gasteiger partial charge in [0, 0.05) is 60.5 Å². The van der Waals surface area contributed by atoms with Gasteiger partial charge in [0.1, 0.15) is 17.3 Å². The molecule has 0 bridgehead atoms. The van der Waals surface area contributed by atoms with E-state index in [2.05, 4.69) is 19.9 Å². The Kier molecular flexibility index (Phi) is 4.37. The maximum atomic E-state index is 13.6. The summed E-state index contributed by atoms with van der Waals surface area (Å²) in [4.78, 5) is 35.2. The highest BCUT2D eigenvalue weighted by atomic mass is 19.1. The minimum absolute atomic E-state index is 0.0998. The number of anilines is 2. The second-order valence-electron chi connectivity index (χ2n) is 8.46. The van der Waals surface area contributed by atoms with Gasteiger partial charge < -0.3 is 10.6 Å². The number of carbonyl (C=O) groups is 1. The lowest BCUT2D eigenvalue weighted by Crippen LogP contribution is -2.29. The van der Waals surface area contributed by atoms with Gasteiger partial charge in [-0.2, -0.15) is 4.98 Å². The molecule has 6 heterocycles. The number of carbonyl (C=O) groups excluding carboxylic acids is 1. The highest BCUT2D eigenvalue weighted by Crippen LogP contribution is 2.34. The lowest BCUT2D eigenvalue weighted by Gasteiger charge is -2.20. The van der Waals surface area contributed by atoms with Crippen molar-refractivity contribution in [1.29, 1.82) is 0 Å². The smallest absolute Gasteiger partial charge is 0.260 e. The lowest BCUT2D eigenvalue weighted by molar-refractivity contribution is 0.0996. The van der Waals surface area contributed by atoms with E-state index in [1.807, 2.05) is 13.0 Å². The number of imidazole rings is 1. The van der Waals surface area contributed by atoms with Crippen LogP contribution in [0.4, 0.5) is 16.2 Å². The Morgan fingerprint density at radius 1 is 1.18 bits per heavy atom. The summed E-state index contributed by atoms with van der Waals surface area (Å²) in [5, 5.41) is 0. The van der Waals surface area contributed by atoms with Crippen molar-refractivity contribution in [2.45, 2.75) is 25.9 Å². The molecule has 0 aliphatic carbocycles. The van der Waals surface area contributed by atoms with Gasteiger partial charge in [-0.15, -0.1) is 0 Å². The molecule has 1 atom stereocenters. The Bertz CT molecular complexity index is 1420. The average Bonchev–Trinajstić information content (AvgIpc) is 3.50. The monoisotopic (exact) mass is 444 g/mol. The fraction of sp³-hybridized carbons (Fsp3) is 0.261. The van der Waals surface area contributed by atoms with Crippen LogP contribution in [0.25, 0.3) is 17.0 Å². The minimum Gasteiger partial charge on any atom is -0.339 e. The molecule has 0 spiro atoms. The summed E-state index contributed by atoms with van der Waals surface area (Å²) in [6.07, 6.45) is 5.76. The second-order valence-corrected chi connectivity index (χ2v) is 8.46. The zero-order valence-electron chi connectivity index (χ0n) is 17.9. The maximum absolute atomic E-state index is 13.6. The zero-order valence-corrected chi connectivity index (χ0v) is 17.9. The molecule has 2 N–H and O–H groups in total. The number of hydrogen-bond acceptors (Lipinski definition) is 7. The van der Waals surface area contributed by atoms with Crippen molar-refractivity contribution in [3.05, 3.63) is 65.5 Å². The molecule has 2 aliphatic rings.